The summed E-state index contributed by atoms with van der Waals surface area (Å²) in [5.74, 6) is 0.978. The lowest BCUT2D eigenvalue weighted by atomic mass is 10.1. The van der Waals surface area contributed by atoms with Crippen LogP contribution in [0.3, 0.4) is 0 Å². The molecule has 0 bridgehead atoms. The van der Waals surface area contributed by atoms with Gasteiger partial charge in [-0.25, -0.2) is 9.97 Å². The molecule has 5 nitrogen and oxygen atoms in total. The lowest BCUT2D eigenvalue weighted by molar-refractivity contribution is -0.119. The summed E-state index contributed by atoms with van der Waals surface area (Å²) in [5, 5.41) is 4.11. The first-order valence-corrected chi connectivity index (χ1v) is 7.80. The molecule has 3 heterocycles. The van der Waals surface area contributed by atoms with Crippen LogP contribution in [0.15, 0.2) is 18.2 Å². The Balaban J connectivity index is 1.88. The van der Waals surface area contributed by atoms with Crippen molar-refractivity contribution in [1.29, 1.82) is 0 Å². The molecule has 2 aromatic heterocycles. The Hall–Kier alpha value is -2.17. The number of aromatic nitrogens is 2. The second kappa shape index (κ2) is 5.91. The Morgan fingerprint density at radius 2 is 2.14 bits per heavy atom. The van der Waals surface area contributed by atoms with Gasteiger partial charge in [-0.15, -0.1) is 0 Å². The van der Waals surface area contributed by atoms with Crippen LogP contribution >= 0.6 is 0 Å². The van der Waals surface area contributed by atoms with E-state index < -0.39 is 0 Å². The molecular weight excluding hydrogens is 276 g/mol. The number of piperidine rings is 1. The lowest BCUT2D eigenvalue weighted by Gasteiger charge is -2.33. The number of anilines is 1. The highest BCUT2D eigenvalue weighted by Crippen LogP contribution is 2.23. The van der Waals surface area contributed by atoms with Crippen LogP contribution in [0.5, 0.6) is 0 Å². The summed E-state index contributed by atoms with van der Waals surface area (Å²) >= 11 is 0. The maximum absolute atomic E-state index is 11.2. The van der Waals surface area contributed by atoms with Gasteiger partial charge in [0.1, 0.15) is 5.82 Å². The highest BCUT2D eigenvalue weighted by atomic mass is 16.1. The molecule has 0 spiro atoms. The van der Waals surface area contributed by atoms with E-state index in [9.17, 15) is 4.79 Å². The molecule has 116 valence electrons. The zero-order valence-corrected chi connectivity index (χ0v) is 13.4. The number of aryl methyl sites for hydroxylation is 2. The predicted octanol–water partition coefficient (Wildman–Crippen LogP) is 2.35. The van der Waals surface area contributed by atoms with E-state index in [0.29, 0.717) is 0 Å². The van der Waals surface area contributed by atoms with Crippen molar-refractivity contribution in [2.45, 2.75) is 39.7 Å². The maximum atomic E-state index is 11.2. The first-order chi connectivity index (χ1) is 10.5. The van der Waals surface area contributed by atoms with E-state index in [-0.39, 0.29) is 11.9 Å². The van der Waals surface area contributed by atoms with Gasteiger partial charge in [0.15, 0.2) is 5.65 Å². The first kappa shape index (κ1) is 14.8. The second-order valence-corrected chi connectivity index (χ2v) is 6.11. The van der Waals surface area contributed by atoms with E-state index in [1.807, 2.05) is 6.92 Å². The van der Waals surface area contributed by atoms with Crippen LogP contribution in [0.2, 0.25) is 0 Å². The minimum absolute atomic E-state index is 0.0336. The Bertz CT molecular complexity index is 713. The third-order valence-electron chi connectivity index (χ3n) is 4.15. The molecule has 1 saturated heterocycles. The maximum Gasteiger partial charge on any atom is 0.217 e. The molecule has 1 atom stereocenters. The average molecular weight is 298 g/mol. The smallest absolute Gasteiger partial charge is 0.217 e. The van der Waals surface area contributed by atoms with Crippen molar-refractivity contribution in [3.05, 3.63) is 29.5 Å². The average Bonchev–Trinajstić information content (AvgIpc) is 2.46. The number of amides is 1. The number of fused-ring (bicyclic) bond motifs is 1. The largest absolute Gasteiger partial charge is 0.354 e. The molecule has 1 amide bonds. The summed E-state index contributed by atoms with van der Waals surface area (Å²) in [6.45, 7) is 7.44. The summed E-state index contributed by atoms with van der Waals surface area (Å²) in [5.41, 5.74) is 3.00. The molecule has 2 aromatic rings. The van der Waals surface area contributed by atoms with Crippen LogP contribution < -0.4 is 10.2 Å². The fourth-order valence-electron chi connectivity index (χ4n) is 3.19. The molecule has 0 radical (unpaired) electrons. The standard InChI is InChI=1S/C17H22N4O/c1-11-9-12(2)18-17-15(11)6-7-16(20-17)21-8-4-5-14(10-21)19-13(3)22/h6-7,9,14H,4-5,8,10H2,1-3H3,(H,19,22). The number of nitrogens with zero attached hydrogens (tertiary/aromatic N) is 3. The van der Waals surface area contributed by atoms with Gasteiger partial charge in [0, 0.05) is 37.1 Å². The number of rotatable bonds is 2. The van der Waals surface area contributed by atoms with Gasteiger partial charge in [-0.3, -0.25) is 4.79 Å². The Kier molecular flexibility index (Phi) is 3.96. The molecule has 0 saturated carbocycles. The Morgan fingerprint density at radius 3 is 2.91 bits per heavy atom. The van der Waals surface area contributed by atoms with Crippen molar-refractivity contribution >= 4 is 22.8 Å². The molecule has 1 aliphatic heterocycles. The van der Waals surface area contributed by atoms with Crippen LogP contribution in [-0.4, -0.2) is 35.0 Å². The minimum Gasteiger partial charge on any atom is -0.354 e. The van der Waals surface area contributed by atoms with Gasteiger partial charge < -0.3 is 10.2 Å². The SMILES string of the molecule is CC(=O)NC1CCCN(c2ccc3c(C)cc(C)nc3n2)C1. The third-order valence-corrected chi connectivity index (χ3v) is 4.15. The second-order valence-electron chi connectivity index (χ2n) is 6.11. The number of pyridine rings is 2. The molecule has 1 aliphatic rings. The molecule has 5 heteroatoms. The zero-order valence-electron chi connectivity index (χ0n) is 13.4. The zero-order chi connectivity index (χ0) is 15.7. The first-order valence-electron chi connectivity index (χ1n) is 7.80. The van der Waals surface area contributed by atoms with Crippen molar-refractivity contribution < 1.29 is 4.79 Å². The molecular formula is C17H22N4O. The topological polar surface area (TPSA) is 58.1 Å². The molecule has 1 N–H and O–H groups in total. The van der Waals surface area contributed by atoms with Crippen molar-refractivity contribution in [1.82, 2.24) is 15.3 Å². The van der Waals surface area contributed by atoms with E-state index in [1.54, 1.807) is 6.92 Å². The summed E-state index contributed by atoms with van der Waals surface area (Å²) < 4.78 is 0. The molecule has 22 heavy (non-hydrogen) atoms. The van der Waals surface area contributed by atoms with E-state index >= 15 is 0 Å². The molecule has 3 rings (SSSR count). The van der Waals surface area contributed by atoms with Gasteiger partial charge in [0.25, 0.3) is 0 Å². The van der Waals surface area contributed by atoms with E-state index in [2.05, 4.69) is 40.3 Å². The lowest BCUT2D eigenvalue weighted by Crippen LogP contribution is -2.47. The van der Waals surface area contributed by atoms with Gasteiger partial charge in [0.05, 0.1) is 0 Å². The van der Waals surface area contributed by atoms with Crippen molar-refractivity contribution in [3.8, 4) is 0 Å². The molecule has 1 fully saturated rings. The van der Waals surface area contributed by atoms with Gasteiger partial charge in [-0.2, -0.15) is 0 Å². The number of carbonyl (C=O) groups is 1. The summed E-state index contributed by atoms with van der Waals surface area (Å²) in [7, 11) is 0. The number of hydrogen-bond acceptors (Lipinski definition) is 4. The Morgan fingerprint density at radius 1 is 1.32 bits per heavy atom. The van der Waals surface area contributed by atoms with Gasteiger partial charge >= 0.3 is 0 Å². The van der Waals surface area contributed by atoms with Crippen molar-refractivity contribution in [3.63, 3.8) is 0 Å². The fourth-order valence-corrected chi connectivity index (χ4v) is 3.19. The van der Waals surface area contributed by atoms with Gasteiger partial charge in [0.2, 0.25) is 5.91 Å². The monoisotopic (exact) mass is 298 g/mol. The fraction of sp³-hybridized carbons (Fsp3) is 0.471. The number of carbonyl (C=O) groups excluding carboxylic acids is 1. The van der Waals surface area contributed by atoms with Crippen LogP contribution in [0.4, 0.5) is 5.82 Å². The van der Waals surface area contributed by atoms with Gasteiger partial charge in [-0.05, 0) is 50.5 Å². The normalized spacial score (nSPS) is 18.5. The van der Waals surface area contributed by atoms with Gasteiger partial charge in [-0.1, -0.05) is 0 Å². The van der Waals surface area contributed by atoms with Crippen LogP contribution in [-0.2, 0) is 4.79 Å². The van der Waals surface area contributed by atoms with Crippen molar-refractivity contribution in [2.24, 2.45) is 0 Å². The number of nitrogens with one attached hydrogen (secondary N) is 1. The molecule has 0 aromatic carbocycles. The minimum atomic E-state index is 0.0336. The third kappa shape index (κ3) is 3.03. The highest BCUT2D eigenvalue weighted by Gasteiger charge is 2.21. The quantitative estimate of drug-likeness (QED) is 0.924. The highest BCUT2D eigenvalue weighted by molar-refractivity contribution is 5.80. The van der Waals surface area contributed by atoms with E-state index in [4.69, 9.17) is 4.98 Å². The van der Waals surface area contributed by atoms with Crippen LogP contribution in [0.1, 0.15) is 31.0 Å². The molecule has 0 aliphatic carbocycles. The van der Waals surface area contributed by atoms with Crippen LogP contribution in [0, 0.1) is 13.8 Å². The van der Waals surface area contributed by atoms with E-state index in [0.717, 1.165) is 48.5 Å². The van der Waals surface area contributed by atoms with Crippen LogP contribution in [0.25, 0.3) is 11.0 Å². The molecule has 1 unspecified atom stereocenters. The van der Waals surface area contributed by atoms with Crippen molar-refractivity contribution in [2.75, 3.05) is 18.0 Å². The Labute approximate surface area is 130 Å². The summed E-state index contributed by atoms with van der Waals surface area (Å²) in [6.07, 6.45) is 2.09. The summed E-state index contributed by atoms with van der Waals surface area (Å²) in [4.78, 5) is 22.8. The summed E-state index contributed by atoms with van der Waals surface area (Å²) in [6, 6.07) is 6.44. The number of hydrogen-bond donors (Lipinski definition) is 1. The predicted molar refractivity (Wildman–Crippen MR) is 88.1 cm³/mol. The van der Waals surface area contributed by atoms with E-state index in [1.165, 1.54) is 5.56 Å².